The Morgan fingerprint density at radius 1 is 1.42 bits per heavy atom. The Morgan fingerprint density at radius 2 is 2.21 bits per heavy atom. The number of anilines is 1. The SMILES string of the molecule is O=C1Cc2cc(F)cc(-c3cc(C(=O)O)no3)c2N1. The van der Waals surface area contributed by atoms with Gasteiger partial charge in [0.2, 0.25) is 5.91 Å². The lowest BCUT2D eigenvalue weighted by atomic mass is 10.0. The molecule has 0 atom stereocenters. The first-order valence-electron chi connectivity index (χ1n) is 5.37. The van der Waals surface area contributed by atoms with E-state index in [9.17, 15) is 14.0 Å². The van der Waals surface area contributed by atoms with Crippen molar-refractivity contribution in [1.29, 1.82) is 0 Å². The van der Waals surface area contributed by atoms with E-state index in [4.69, 9.17) is 9.63 Å². The smallest absolute Gasteiger partial charge is 0.358 e. The van der Waals surface area contributed by atoms with E-state index < -0.39 is 11.8 Å². The zero-order valence-electron chi connectivity index (χ0n) is 9.44. The van der Waals surface area contributed by atoms with Crippen LogP contribution in [0.5, 0.6) is 0 Å². The molecule has 0 unspecified atom stereocenters. The molecule has 0 saturated heterocycles. The van der Waals surface area contributed by atoms with Gasteiger partial charge in [0.15, 0.2) is 11.5 Å². The van der Waals surface area contributed by atoms with Crippen molar-refractivity contribution < 1.29 is 23.6 Å². The second-order valence-corrected chi connectivity index (χ2v) is 4.09. The first-order chi connectivity index (χ1) is 9.04. The number of carbonyl (C=O) groups excluding carboxylic acids is 1. The van der Waals surface area contributed by atoms with Gasteiger partial charge in [0.25, 0.3) is 0 Å². The summed E-state index contributed by atoms with van der Waals surface area (Å²) in [6.45, 7) is 0. The van der Waals surface area contributed by atoms with E-state index in [0.717, 1.165) is 6.07 Å². The summed E-state index contributed by atoms with van der Waals surface area (Å²) in [7, 11) is 0. The minimum absolute atomic E-state index is 0.0834. The number of aromatic nitrogens is 1. The van der Waals surface area contributed by atoms with Crippen molar-refractivity contribution in [3.8, 4) is 11.3 Å². The number of carbonyl (C=O) groups is 2. The Kier molecular flexibility index (Phi) is 2.34. The molecule has 0 fully saturated rings. The summed E-state index contributed by atoms with van der Waals surface area (Å²) in [4.78, 5) is 22.1. The molecule has 7 heteroatoms. The highest BCUT2D eigenvalue weighted by Crippen LogP contribution is 2.36. The highest BCUT2D eigenvalue weighted by atomic mass is 19.1. The van der Waals surface area contributed by atoms with Gasteiger partial charge in [-0.3, -0.25) is 4.79 Å². The van der Waals surface area contributed by atoms with Crippen LogP contribution >= 0.6 is 0 Å². The van der Waals surface area contributed by atoms with Gasteiger partial charge in [0.1, 0.15) is 5.82 Å². The summed E-state index contributed by atoms with van der Waals surface area (Å²) >= 11 is 0. The summed E-state index contributed by atoms with van der Waals surface area (Å²) in [6, 6.07) is 3.60. The van der Waals surface area contributed by atoms with Crippen molar-refractivity contribution in [3.63, 3.8) is 0 Å². The summed E-state index contributed by atoms with van der Waals surface area (Å²) < 4.78 is 18.4. The zero-order chi connectivity index (χ0) is 13.6. The molecule has 1 aromatic carbocycles. The number of halogens is 1. The van der Waals surface area contributed by atoms with Crippen LogP contribution < -0.4 is 5.32 Å². The third kappa shape index (κ3) is 1.85. The molecule has 2 N–H and O–H groups in total. The van der Waals surface area contributed by atoms with Crippen molar-refractivity contribution in [2.24, 2.45) is 0 Å². The highest BCUT2D eigenvalue weighted by molar-refractivity contribution is 6.03. The number of aromatic carboxylic acids is 1. The molecule has 19 heavy (non-hydrogen) atoms. The topological polar surface area (TPSA) is 92.4 Å². The van der Waals surface area contributed by atoms with Crippen molar-refractivity contribution in [2.45, 2.75) is 6.42 Å². The van der Waals surface area contributed by atoms with Gasteiger partial charge in [0, 0.05) is 11.6 Å². The van der Waals surface area contributed by atoms with Gasteiger partial charge in [-0.2, -0.15) is 0 Å². The van der Waals surface area contributed by atoms with Crippen LogP contribution in [0.25, 0.3) is 11.3 Å². The number of carboxylic acid groups (broad SMARTS) is 1. The Morgan fingerprint density at radius 3 is 2.89 bits per heavy atom. The predicted octanol–water partition coefficient (Wildman–Crippen LogP) is 1.67. The quantitative estimate of drug-likeness (QED) is 0.858. The molecular formula is C12H7FN2O4. The van der Waals surface area contributed by atoms with Crippen LogP contribution in [0.3, 0.4) is 0 Å². The summed E-state index contributed by atoms with van der Waals surface area (Å²) in [5, 5.41) is 14.7. The van der Waals surface area contributed by atoms with Crippen LogP contribution in [0, 0.1) is 5.82 Å². The maximum Gasteiger partial charge on any atom is 0.358 e. The zero-order valence-corrected chi connectivity index (χ0v) is 9.44. The van der Waals surface area contributed by atoms with E-state index in [0.29, 0.717) is 11.3 Å². The van der Waals surface area contributed by atoms with E-state index >= 15 is 0 Å². The fraction of sp³-hybridized carbons (Fsp3) is 0.0833. The normalized spacial score (nSPS) is 13.2. The molecular weight excluding hydrogens is 255 g/mol. The van der Waals surface area contributed by atoms with Crippen molar-refractivity contribution >= 4 is 17.6 Å². The first kappa shape index (κ1) is 11.4. The molecule has 2 heterocycles. The average molecular weight is 262 g/mol. The second-order valence-electron chi connectivity index (χ2n) is 4.09. The number of hydrogen-bond acceptors (Lipinski definition) is 4. The average Bonchev–Trinajstić information content (AvgIpc) is 2.93. The van der Waals surface area contributed by atoms with Crippen LogP contribution in [0.4, 0.5) is 10.1 Å². The number of hydrogen-bond donors (Lipinski definition) is 2. The minimum Gasteiger partial charge on any atom is -0.476 e. The fourth-order valence-electron chi connectivity index (χ4n) is 2.00. The largest absolute Gasteiger partial charge is 0.476 e. The Labute approximate surface area is 105 Å². The van der Waals surface area contributed by atoms with Gasteiger partial charge in [0.05, 0.1) is 12.1 Å². The number of carboxylic acids is 1. The number of fused-ring (bicyclic) bond motifs is 1. The lowest BCUT2D eigenvalue weighted by Crippen LogP contribution is -2.04. The van der Waals surface area contributed by atoms with E-state index in [1.165, 1.54) is 12.1 Å². The lowest BCUT2D eigenvalue weighted by Gasteiger charge is -2.04. The third-order valence-electron chi connectivity index (χ3n) is 2.79. The van der Waals surface area contributed by atoms with Crippen LogP contribution in [0.2, 0.25) is 0 Å². The summed E-state index contributed by atoms with van der Waals surface area (Å²) in [6.07, 6.45) is 0.0834. The standard InChI is InChI=1S/C12H7FN2O4/c13-6-1-5-2-10(16)14-11(5)7(3-6)9-4-8(12(17)18)15-19-9/h1,3-4H,2H2,(H,14,16)(H,17,18). The Balaban J connectivity index is 2.15. The molecule has 0 bridgehead atoms. The van der Waals surface area contributed by atoms with Crippen molar-refractivity contribution in [3.05, 3.63) is 35.3 Å². The molecule has 0 spiro atoms. The fourth-order valence-corrected chi connectivity index (χ4v) is 2.00. The van der Waals surface area contributed by atoms with Gasteiger partial charge >= 0.3 is 5.97 Å². The molecule has 96 valence electrons. The van der Waals surface area contributed by atoms with Crippen LogP contribution in [0.15, 0.2) is 22.7 Å². The van der Waals surface area contributed by atoms with E-state index in [1.54, 1.807) is 0 Å². The van der Waals surface area contributed by atoms with E-state index in [2.05, 4.69) is 10.5 Å². The summed E-state index contributed by atoms with van der Waals surface area (Å²) in [5.41, 5.74) is 0.936. The molecule has 1 aliphatic heterocycles. The summed E-state index contributed by atoms with van der Waals surface area (Å²) in [5.74, 6) is -1.93. The number of rotatable bonds is 2. The number of nitrogens with zero attached hydrogens (tertiary/aromatic N) is 1. The maximum atomic E-state index is 13.5. The monoisotopic (exact) mass is 262 g/mol. The van der Waals surface area contributed by atoms with Gasteiger partial charge in [-0.25, -0.2) is 9.18 Å². The molecule has 2 aromatic rings. The predicted molar refractivity (Wildman–Crippen MR) is 61.2 cm³/mol. The van der Waals surface area contributed by atoms with Gasteiger partial charge < -0.3 is 14.9 Å². The Hall–Kier alpha value is -2.70. The van der Waals surface area contributed by atoms with Crippen molar-refractivity contribution in [2.75, 3.05) is 5.32 Å². The number of amides is 1. The van der Waals surface area contributed by atoms with E-state index in [-0.39, 0.29) is 29.3 Å². The molecule has 0 aliphatic carbocycles. The second kappa shape index (κ2) is 3.91. The van der Waals surface area contributed by atoms with Crippen LogP contribution in [-0.4, -0.2) is 22.1 Å². The number of nitrogens with one attached hydrogen (secondary N) is 1. The van der Waals surface area contributed by atoms with Crippen LogP contribution in [-0.2, 0) is 11.2 Å². The van der Waals surface area contributed by atoms with Crippen LogP contribution in [0.1, 0.15) is 16.1 Å². The minimum atomic E-state index is -1.24. The highest BCUT2D eigenvalue weighted by Gasteiger charge is 2.25. The lowest BCUT2D eigenvalue weighted by molar-refractivity contribution is -0.115. The van der Waals surface area contributed by atoms with Crippen molar-refractivity contribution in [1.82, 2.24) is 5.16 Å². The van der Waals surface area contributed by atoms with E-state index in [1.807, 2.05) is 0 Å². The molecule has 0 radical (unpaired) electrons. The van der Waals surface area contributed by atoms with Gasteiger partial charge in [-0.1, -0.05) is 5.16 Å². The molecule has 3 rings (SSSR count). The maximum absolute atomic E-state index is 13.5. The van der Waals surface area contributed by atoms with Gasteiger partial charge in [-0.15, -0.1) is 0 Å². The molecule has 1 aliphatic rings. The molecule has 1 aromatic heterocycles. The molecule has 6 nitrogen and oxygen atoms in total. The Bertz CT molecular complexity index is 708. The molecule has 1 amide bonds. The molecule has 0 saturated carbocycles. The van der Waals surface area contributed by atoms with Gasteiger partial charge in [-0.05, 0) is 17.7 Å². The number of benzene rings is 1. The first-order valence-corrected chi connectivity index (χ1v) is 5.37. The third-order valence-corrected chi connectivity index (χ3v) is 2.79.